The van der Waals surface area contributed by atoms with E-state index in [2.05, 4.69) is 37.0 Å². The molecular formula is C15H22N4. The van der Waals surface area contributed by atoms with E-state index in [1.807, 2.05) is 18.2 Å². The van der Waals surface area contributed by atoms with Gasteiger partial charge in [0.2, 0.25) is 0 Å². The summed E-state index contributed by atoms with van der Waals surface area (Å²) < 4.78 is 0. The normalized spacial score (nSPS) is 16.8. The lowest BCUT2D eigenvalue weighted by molar-refractivity contribution is 0.0683. The lowest BCUT2D eigenvalue weighted by atomic mass is 9.75. The maximum absolute atomic E-state index is 9.05. The van der Waals surface area contributed by atoms with Crippen molar-refractivity contribution in [2.24, 2.45) is 0 Å². The fraction of sp³-hybridized carbons (Fsp3) is 0.533. The van der Waals surface area contributed by atoms with Crippen LogP contribution in [0.15, 0.2) is 18.2 Å². The molecule has 1 aromatic carbocycles. The molecule has 2 N–H and O–H groups in total. The first-order chi connectivity index (χ1) is 8.98. The van der Waals surface area contributed by atoms with Crippen LogP contribution < -0.4 is 10.6 Å². The smallest absolute Gasteiger partial charge is 0.101 e. The first-order valence-corrected chi connectivity index (χ1v) is 6.67. The van der Waals surface area contributed by atoms with Crippen LogP contribution in [-0.4, -0.2) is 38.1 Å². The van der Waals surface area contributed by atoms with Gasteiger partial charge in [-0.3, -0.25) is 0 Å². The van der Waals surface area contributed by atoms with E-state index < -0.39 is 0 Å². The van der Waals surface area contributed by atoms with Gasteiger partial charge in [-0.15, -0.1) is 0 Å². The maximum Gasteiger partial charge on any atom is 0.101 e. The zero-order valence-electron chi connectivity index (χ0n) is 12.0. The highest BCUT2D eigenvalue weighted by Crippen LogP contribution is 2.37. The Kier molecular flexibility index (Phi) is 3.68. The van der Waals surface area contributed by atoms with Crippen molar-refractivity contribution in [3.63, 3.8) is 0 Å². The second-order valence-corrected chi connectivity index (χ2v) is 5.71. The Morgan fingerprint density at radius 2 is 2.00 bits per heavy atom. The molecule has 0 radical (unpaired) electrons. The molecule has 0 unspecified atom stereocenters. The number of benzene rings is 1. The van der Waals surface area contributed by atoms with Gasteiger partial charge in [0.15, 0.2) is 0 Å². The van der Waals surface area contributed by atoms with Gasteiger partial charge in [-0.1, -0.05) is 0 Å². The van der Waals surface area contributed by atoms with Crippen LogP contribution in [0.5, 0.6) is 0 Å². The highest BCUT2D eigenvalue weighted by molar-refractivity contribution is 5.62. The van der Waals surface area contributed by atoms with Gasteiger partial charge in [-0.2, -0.15) is 5.26 Å². The lowest BCUT2D eigenvalue weighted by Gasteiger charge is -2.49. The summed E-state index contributed by atoms with van der Waals surface area (Å²) >= 11 is 0. The molecule has 0 aliphatic heterocycles. The van der Waals surface area contributed by atoms with E-state index in [0.29, 0.717) is 11.3 Å². The van der Waals surface area contributed by atoms with E-state index in [1.54, 1.807) is 0 Å². The Bertz CT molecular complexity index is 497. The topological polar surface area (TPSA) is 56.3 Å². The first-order valence-electron chi connectivity index (χ1n) is 6.67. The molecule has 1 aliphatic carbocycles. The highest BCUT2D eigenvalue weighted by Gasteiger charge is 2.39. The molecule has 0 aromatic heterocycles. The van der Waals surface area contributed by atoms with Crippen molar-refractivity contribution >= 4 is 11.4 Å². The number of likely N-dealkylation sites (N-methyl/N-ethyl adjacent to an activating group) is 2. The molecule has 4 heteroatoms. The van der Waals surface area contributed by atoms with Gasteiger partial charge in [0.1, 0.15) is 6.07 Å². The lowest BCUT2D eigenvalue weighted by Crippen LogP contribution is -2.56. The molecule has 0 heterocycles. The molecule has 19 heavy (non-hydrogen) atoms. The Labute approximate surface area is 115 Å². The molecule has 4 nitrogen and oxygen atoms in total. The van der Waals surface area contributed by atoms with Crippen molar-refractivity contribution in [2.45, 2.75) is 24.8 Å². The van der Waals surface area contributed by atoms with Gasteiger partial charge in [-0.25, -0.2) is 0 Å². The molecule has 0 amide bonds. The standard InChI is InChI=1S/C15H22N4/c1-18(2)15(7-4-8-15)11-19(3)13-5-6-14(17)12(9-13)10-16/h5-6,9H,4,7-8,11,17H2,1-3H3. The third kappa shape index (κ3) is 2.52. The second kappa shape index (κ2) is 5.10. The fourth-order valence-electron chi connectivity index (χ4n) is 2.74. The molecular weight excluding hydrogens is 236 g/mol. The van der Waals surface area contributed by atoms with Crippen LogP contribution in [-0.2, 0) is 0 Å². The SMILES string of the molecule is CN(CC1(N(C)C)CCC1)c1ccc(N)c(C#N)c1. The van der Waals surface area contributed by atoms with Crippen LogP contribution in [0, 0.1) is 11.3 Å². The van der Waals surface area contributed by atoms with E-state index in [9.17, 15) is 0 Å². The van der Waals surface area contributed by atoms with Gasteiger partial charge in [-0.05, 0) is 51.6 Å². The van der Waals surface area contributed by atoms with Gasteiger partial charge in [0, 0.05) is 30.5 Å². The van der Waals surface area contributed by atoms with E-state index >= 15 is 0 Å². The van der Waals surface area contributed by atoms with Crippen molar-refractivity contribution in [1.82, 2.24) is 4.90 Å². The van der Waals surface area contributed by atoms with Crippen LogP contribution in [0.25, 0.3) is 0 Å². The summed E-state index contributed by atoms with van der Waals surface area (Å²) in [6.07, 6.45) is 3.78. The fourth-order valence-corrected chi connectivity index (χ4v) is 2.74. The van der Waals surface area contributed by atoms with E-state index in [1.165, 1.54) is 19.3 Å². The number of nitrogens with two attached hydrogens (primary N) is 1. The predicted molar refractivity (Wildman–Crippen MR) is 79.1 cm³/mol. The molecule has 0 atom stereocenters. The summed E-state index contributed by atoms with van der Waals surface area (Å²) in [5.41, 5.74) is 8.20. The maximum atomic E-state index is 9.05. The number of hydrogen-bond acceptors (Lipinski definition) is 4. The average Bonchev–Trinajstić information content (AvgIpc) is 2.33. The Hall–Kier alpha value is -1.73. The van der Waals surface area contributed by atoms with Crippen molar-refractivity contribution in [2.75, 3.05) is 38.3 Å². The van der Waals surface area contributed by atoms with Crippen LogP contribution in [0.2, 0.25) is 0 Å². The Morgan fingerprint density at radius 1 is 1.32 bits per heavy atom. The molecule has 2 rings (SSSR count). The van der Waals surface area contributed by atoms with Crippen molar-refractivity contribution in [3.05, 3.63) is 23.8 Å². The number of nitriles is 1. The van der Waals surface area contributed by atoms with Gasteiger partial charge in [0.05, 0.1) is 5.56 Å². The summed E-state index contributed by atoms with van der Waals surface area (Å²) in [6.45, 7) is 0.981. The molecule has 102 valence electrons. The van der Waals surface area contributed by atoms with Gasteiger partial charge in [0.25, 0.3) is 0 Å². The highest BCUT2D eigenvalue weighted by atomic mass is 15.2. The Morgan fingerprint density at radius 3 is 2.47 bits per heavy atom. The summed E-state index contributed by atoms with van der Waals surface area (Å²) in [5.74, 6) is 0. The summed E-state index contributed by atoms with van der Waals surface area (Å²) in [5, 5.41) is 9.05. The molecule has 1 saturated carbocycles. The number of nitrogen functional groups attached to an aromatic ring is 1. The van der Waals surface area contributed by atoms with Crippen molar-refractivity contribution in [1.29, 1.82) is 5.26 Å². The largest absolute Gasteiger partial charge is 0.398 e. The summed E-state index contributed by atoms with van der Waals surface area (Å²) in [4.78, 5) is 4.55. The van der Waals surface area contributed by atoms with Gasteiger partial charge < -0.3 is 15.5 Å². The Balaban J connectivity index is 2.16. The molecule has 1 fully saturated rings. The number of hydrogen-bond donors (Lipinski definition) is 1. The zero-order chi connectivity index (χ0) is 14.0. The molecule has 0 bridgehead atoms. The first kappa shape index (κ1) is 13.7. The zero-order valence-corrected chi connectivity index (χ0v) is 12.0. The van der Waals surface area contributed by atoms with Crippen LogP contribution in [0.4, 0.5) is 11.4 Å². The quantitative estimate of drug-likeness (QED) is 0.840. The van der Waals surface area contributed by atoms with Crippen molar-refractivity contribution in [3.8, 4) is 6.07 Å². The molecule has 1 aliphatic rings. The van der Waals surface area contributed by atoms with E-state index in [4.69, 9.17) is 11.0 Å². The third-order valence-corrected chi connectivity index (χ3v) is 4.36. The van der Waals surface area contributed by atoms with E-state index in [0.717, 1.165) is 12.2 Å². The molecule has 0 spiro atoms. The van der Waals surface area contributed by atoms with Crippen LogP contribution in [0.3, 0.4) is 0 Å². The monoisotopic (exact) mass is 258 g/mol. The third-order valence-electron chi connectivity index (χ3n) is 4.36. The number of anilines is 2. The predicted octanol–water partition coefficient (Wildman–Crippen LogP) is 2.06. The second-order valence-electron chi connectivity index (χ2n) is 5.71. The van der Waals surface area contributed by atoms with Crippen LogP contribution in [0.1, 0.15) is 24.8 Å². The number of nitrogens with zero attached hydrogens (tertiary/aromatic N) is 3. The minimum atomic E-state index is 0.281. The molecule has 1 aromatic rings. The summed E-state index contributed by atoms with van der Waals surface area (Å²) in [7, 11) is 6.38. The van der Waals surface area contributed by atoms with Gasteiger partial charge >= 0.3 is 0 Å². The van der Waals surface area contributed by atoms with Crippen LogP contribution >= 0.6 is 0 Å². The minimum Gasteiger partial charge on any atom is -0.398 e. The number of rotatable bonds is 4. The molecule has 0 saturated heterocycles. The summed E-state index contributed by atoms with van der Waals surface area (Å²) in [6, 6.07) is 7.81. The van der Waals surface area contributed by atoms with E-state index in [-0.39, 0.29) is 5.54 Å². The average molecular weight is 258 g/mol. The minimum absolute atomic E-state index is 0.281. The van der Waals surface area contributed by atoms with Crippen molar-refractivity contribution < 1.29 is 0 Å².